The summed E-state index contributed by atoms with van der Waals surface area (Å²) in [5.41, 5.74) is 0.424. The molecule has 1 N–H and O–H groups in total. The van der Waals surface area contributed by atoms with E-state index in [1.165, 1.54) is 19.2 Å². The third kappa shape index (κ3) is 4.82. The zero-order valence-corrected chi connectivity index (χ0v) is 19.6. The molecule has 0 unspecified atom stereocenters. The fourth-order valence-electron chi connectivity index (χ4n) is 4.96. The highest BCUT2D eigenvalue weighted by atomic mass is 32.2. The summed E-state index contributed by atoms with van der Waals surface area (Å²) in [6, 6.07) is 15.7. The Balaban J connectivity index is 1.50. The van der Waals surface area contributed by atoms with Gasteiger partial charge in [-0.1, -0.05) is 49.2 Å². The molecule has 8 heteroatoms. The van der Waals surface area contributed by atoms with Gasteiger partial charge in [0, 0.05) is 24.7 Å². The summed E-state index contributed by atoms with van der Waals surface area (Å²) in [6.07, 6.45) is 4.62. The Morgan fingerprint density at radius 1 is 1.00 bits per heavy atom. The molecule has 0 atom stereocenters. The standard InChI is InChI=1S/C25H30N2O5S/c1-32-24(29)25(20-9-3-2-4-10-20)14-16-27(17-15-25)23(28)19-8-7-13-22(18-19)33(30,31)26-21-11-5-6-12-21/h2-4,7-10,13,18,21,26H,5-6,11-12,14-17H2,1H3. The molecule has 4 rings (SSSR count). The van der Waals surface area contributed by atoms with Gasteiger partial charge < -0.3 is 9.64 Å². The normalized spacial score (nSPS) is 18.8. The first kappa shape index (κ1) is 23.4. The maximum absolute atomic E-state index is 13.2. The lowest BCUT2D eigenvalue weighted by Crippen LogP contribution is -2.49. The van der Waals surface area contributed by atoms with Crippen molar-refractivity contribution in [1.82, 2.24) is 9.62 Å². The number of benzene rings is 2. The number of carbonyl (C=O) groups is 2. The molecule has 1 saturated carbocycles. The van der Waals surface area contributed by atoms with Crippen LogP contribution in [0.2, 0.25) is 0 Å². The van der Waals surface area contributed by atoms with Gasteiger partial charge in [-0.25, -0.2) is 13.1 Å². The molecule has 33 heavy (non-hydrogen) atoms. The van der Waals surface area contributed by atoms with Crippen LogP contribution in [-0.4, -0.2) is 51.4 Å². The maximum atomic E-state index is 13.2. The molecule has 1 aliphatic heterocycles. The molecule has 176 valence electrons. The second-order valence-corrected chi connectivity index (χ2v) is 10.6. The first-order valence-electron chi connectivity index (χ1n) is 11.4. The smallest absolute Gasteiger partial charge is 0.316 e. The van der Waals surface area contributed by atoms with Gasteiger partial charge in [0.05, 0.1) is 17.4 Å². The summed E-state index contributed by atoms with van der Waals surface area (Å²) >= 11 is 0. The van der Waals surface area contributed by atoms with Crippen LogP contribution in [0.5, 0.6) is 0 Å². The molecule has 1 aliphatic carbocycles. The Morgan fingerprint density at radius 3 is 2.30 bits per heavy atom. The van der Waals surface area contributed by atoms with Crippen LogP contribution in [0.25, 0.3) is 0 Å². The predicted molar refractivity (Wildman–Crippen MR) is 124 cm³/mol. The minimum absolute atomic E-state index is 0.0408. The van der Waals surface area contributed by atoms with E-state index in [0.717, 1.165) is 31.2 Å². The van der Waals surface area contributed by atoms with Crippen LogP contribution < -0.4 is 4.72 Å². The first-order valence-corrected chi connectivity index (χ1v) is 12.9. The molecule has 1 amide bonds. The van der Waals surface area contributed by atoms with Gasteiger partial charge in [-0.2, -0.15) is 0 Å². The number of esters is 1. The summed E-state index contributed by atoms with van der Waals surface area (Å²) in [4.78, 5) is 27.7. The molecule has 1 saturated heterocycles. The van der Waals surface area contributed by atoms with Crippen molar-refractivity contribution in [2.24, 2.45) is 0 Å². The summed E-state index contributed by atoms with van der Waals surface area (Å²) in [7, 11) is -2.30. The quantitative estimate of drug-likeness (QED) is 0.654. The van der Waals surface area contributed by atoms with Crippen LogP contribution in [0.15, 0.2) is 59.5 Å². The number of nitrogens with zero attached hydrogens (tertiary/aromatic N) is 1. The van der Waals surface area contributed by atoms with E-state index < -0.39 is 15.4 Å². The van der Waals surface area contributed by atoms with Crippen LogP contribution in [0.3, 0.4) is 0 Å². The number of likely N-dealkylation sites (tertiary alicyclic amines) is 1. The summed E-state index contributed by atoms with van der Waals surface area (Å²) in [5.74, 6) is -0.536. The second-order valence-electron chi connectivity index (χ2n) is 8.86. The average molecular weight is 471 g/mol. The highest BCUT2D eigenvalue weighted by Gasteiger charge is 2.44. The van der Waals surface area contributed by atoms with Crippen LogP contribution in [0, 0.1) is 0 Å². The van der Waals surface area contributed by atoms with Gasteiger partial charge in [0.15, 0.2) is 0 Å². The van der Waals surface area contributed by atoms with Crippen molar-refractivity contribution in [3.63, 3.8) is 0 Å². The van der Waals surface area contributed by atoms with Crippen LogP contribution >= 0.6 is 0 Å². The van der Waals surface area contributed by atoms with E-state index in [1.54, 1.807) is 17.0 Å². The molecule has 0 spiro atoms. The van der Waals surface area contributed by atoms with E-state index in [4.69, 9.17) is 4.74 Å². The lowest BCUT2D eigenvalue weighted by molar-refractivity contribution is -0.149. The van der Waals surface area contributed by atoms with E-state index >= 15 is 0 Å². The van der Waals surface area contributed by atoms with Crippen molar-refractivity contribution in [2.75, 3.05) is 20.2 Å². The Hall–Kier alpha value is -2.71. The highest BCUT2D eigenvalue weighted by molar-refractivity contribution is 7.89. The molecule has 0 radical (unpaired) electrons. The van der Waals surface area contributed by atoms with E-state index in [0.29, 0.717) is 31.5 Å². The van der Waals surface area contributed by atoms with Gasteiger partial charge in [-0.05, 0) is 49.4 Å². The molecule has 2 aromatic rings. The molecule has 2 aromatic carbocycles. The van der Waals surface area contributed by atoms with Crippen molar-refractivity contribution < 1.29 is 22.7 Å². The molecule has 0 bridgehead atoms. The number of piperidine rings is 1. The van der Waals surface area contributed by atoms with Crippen molar-refractivity contribution in [2.45, 2.75) is 54.9 Å². The van der Waals surface area contributed by atoms with Crippen LogP contribution in [-0.2, 0) is 25.0 Å². The van der Waals surface area contributed by atoms with Gasteiger partial charge in [-0.3, -0.25) is 9.59 Å². The van der Waals surface area contributed by atoms with Gasteiger partial charge in [0.2, 0.25) is 10.0 Å². The second kappa shape index (κ2) is 9.65. The van der Waals surface area contributed by atoms with Crippen molar-refractivity contribution >= 4 is 21.9 Å². The number of hydrogen-bond donors (Lipinski definition) is 1. The van der Waals surface area contributed by atoms with E-state index in [9.17, 15) is 18.0 Å². The number of nitrogens with one attached hydrogen (secondary N) is 1. The van der Waals surface area contributed by atoms with Crippen molar-refractivity contribution in [3.05, 3.63) is 65.7 Å². The monoisotopic (exact) mass is 470 g/mol. The molecule has 2 aliphatic rings. The summed E-state index contributed by atoms with van der Waals surface area (Å²) in [6.45, 7) is 0.750. The fourth-order valence-corrected chi connectivity index (χ4v) is 6.32. The lowest BCUT2D eigenvalue weighted by Gasteiger charge is -2.40. The van der Waals surface area contributed by atoms with E-state index in [2.05, 4.69) is 4.72 Å². The number of hydrogen-bond acceptors (Lipinski definition) is 5. The zero-order chi connectivity index (χ0) is 23.5. The number of carbonyl (C=O) groups excluding carboxylic acids is 2. The topological polar surface area (TPSA) is 92.8 Å². The number of rotatable bonds is 6. The molecular weight excluding hydrogens is 440 g/mol. The average Bonchev–Trinajstić information content (AvgIpc) is 3.36. The number of sulfonamides is 1. The summed E-state index contributed by atoms with van der Waals surface area (Å²) < 4.78 is 33.5. The molecule has 1 heterocycles. The Morgan fingerprint density at radius 2 is 1.67 bits per heavy atom. The van der Waals surface area contributed by atoms with E-state index in [-0.39, 0.29) is 22.8 Å². The molecular formula is C25H30N2O5S. The predicted octanol–water partition coefficient (Wildman–Crippen LogP) is 3.25. The minimum atomic E-state index is -3.68. The third-order valence-corrected chi connectivity index (χ3v) is 8.39. The Labute approximate surface area is 195 Å². The van der Waals surface area contributed by atoms with Crippen molar-refractivity contribution in [1.29, 1.82) is 0 Å². The van der Waals surface area contributed by atoms with Crippen LogP contribution in [0.4, 0.5) is 0 Å². The number of amides is 1. The Bertz CT molecular complexity index is 1100. The highest BCUT2D eigenvalue weighted by Crippen LogP contribution is 2.37. The number of ether oxygens (including phenoxy) is 1. The molecule has 0 aromatic heterocycles. The largest absolute Gasteiger partial charge is 0.468 e. The number of methoxy groups -OCH3 is 1. The third-order valence-electron chi connectivity index (χ3n) is 6.87. The van der Waals surface area contributed by atoms with Gasteiger partial charge in [0.25, 0.3) is 5.91 Å². The van der Waals surface area contributed by atoms with Crippen LogP contribution in [0.1, 0.15) is 54.4 Å². The van der Waals surface area contributed by atoms with Gasteiger partial charge >= 0.3 is 5.97 Å². The molecule has 7 nitrogen and oxygen atoms in total. The Kier molecular flexibility index (Phi) is 6.86. The fraction of sp³-hybridized carbons (Fsp3) is 0.440. The lowest BCUT2D eigenvalue weighted by atomic mass is 9.72. The van der Waals surface area contributed by atoms with E-state index in [1.807, 2.05) is 30.3 Å². The summed E-state index contributed by atoms with van der Waals surface area (Å²) in [5, 5.41) is 0. The van der Waals surface area contributed by atoms with Gasteiger partial charge in [-0.15, -0.1) is 0 Å². The minimum Gasteiger partial charge on any atom is -0.468 e. The van der Waals surface area contributed by atoms with Gasteiger partial charge in [0.1, 0.15) is 0 Å². The van der Waals surface area contributed by atoms with Crippen molar-refractivity contribution in [3.8, 4) is 0 Å². The molecule has 2 fully saturated rings. The maximum Gasteiger partial charge on any atom is 0.316 e. The zero-order valence-electron chi connectivity index (χ0n) is 18.8. The SMILES string of the molecule is COC(=O)C1(c2ccccc2)CCN(C(=O)c2cccc(S(=O)(=O)NC3CCCC3)c2)CC1. The first-order chi connectivity index (χ1) is 15.9.